The Balaban J connectivity index is 1.35. The summed E-state index contributed by atoms with van der Waals surface area (Å²) in [7, 11) is 1.85. The zero-order chi connectivity index (χ0) is 20.1. The average Bonchev–Trinajstić information content (AvgIpc) is 3.08. The van der Waals surface area contributed by atoms with E-state index < -0.39 is 0 Å². The van der Waals surface area contributed by atoms with Crippen molar-refractivity contribution < 1.29 is 19.0 Å². The van der Waals surface area contributed by atoms with Crippen LogP contribution in [-0.4, -0.2) is 62.2 Å². The minimum atomic E-state index is -0.108. The van der Waals surface area contributed by atoms with Gasteiger partial charge in [-0.2, -0.15) is 0 Å². The van der Waals surface area contributed by atoms with Crippen LogP contribution in [0.2, 0.25) is 0 Å². The molecular formula is C23H36N2O4. The molecule has 9 atom stereocenters. The molecule has 0 aromatic heterocycles. The summed E-state index contributed by atoms with van der Waals surface area (Å²) in [6.45, 7) is 6.59. The number of esters is 1. The van der Waals surface area contributed by atoms with Crippen molar-refractivity contribution in [3.8, 4) is 0 Å². The van der Waals surface area contributed by atoms with Crippen molar-refractivity contribution in [1.29, 1.82) is 0 Å². The lowest BCUT2D eigenvalue weighted by Gasteiger charge is -2.55. The van der Waals surface area contributed by atoms with Crippen molar-refractivity contribution in [2.75, 3.05) is 26.8 Å². The summed E-state index contributed by atoms with van der Waals surface area (Å²) in [4.78, 5) is 15.3. The third kappa shape index (κ3) is 3.31. The van der Waals surface area contributed by atoms with Gasteiger partial charge in [0.25, 0.3) is 0 Å². The van der Waals surface area contributed by atoms with Crippen LogP contribution < -0.4 is 5.32 Å². The topological polar surface area (TPSA) is 60.0 Å². The van der Waals surface area contributed by atoms with E-state index in [4.69, 9.17) is 14.2 Å². The van der Waals surface area contributed by atoms with Gasteiger partial charge in [0.15, 0.2) is 0 Å². The van der Waals surface area contributed by atoms with Crippen molar-refractivity contribution in [2.24, 2.45) is 29.6 Å². The summed E-state index contributed by atoms with van der Waals surface area (Å²) in [5.74, 6) is 1.75. The lowest BCUT2D eigenvalue weighted by Crippen LogP contribution is -2.61. The average molecular weight is 405 g/mol. The minimum absolute atomic E-state index is 0.0553. The third-order valence-electron chi connectivity index (χ3n) is 8.35. The minimum Gasteiger partial charge on any atom is -0.466 e. The van der Waals surface area contributed by atoms with Crippen LogP contribution >= 0.6 is 0 Å². The number of methoxy groups -OCH3 is 1. The van der Waals surface area contributed by atoms with Gasteiger partial charge in [-0.05, 0) is 51.9 Å². The number of fused-ring (bicyclic) bond motifs is 6. The van der Waals surface area contributed by atoms with Gasteiger partial charge >= 0.3 is 5.97 Å². The molecule has 0 aromatic carbocycles. The highest BCUT2D eigenvalue weighted by Crippen LogP contribution is 2.49. The Kier molecular flexibility index (Phi) is 5.37. The van der Waals surface area contributed by atoms with Crippen LogP contribution in [0.4, 0.5) is 0 Å². The number of carbonyl (C=O) groups is 1. The maximum atomic E-state index is 12.8. The molecule has 0 spiro atoms. The fraction of sp³-hybridized carbons (Fsp3) is 0.870. The maximum absolute atomic E-state index is 12.8. The second kappa shape index (κ2) is 7.86. The van der Waals surface area contributed by atoms with Gasteiger partial charge in [-0.15, -0.1) is 0 Å². The molecule has 5 rings (SSSR count). The quantitative estimate of drug-likeness (QED) is 0.730. The first kappa shape index (κ1) is 19.8. The van der Waals surface area contributed by atoms with E-state index in [0.29, 0.717) is 24.5 Å². The summed E-state index contributed by atoms with van der Waals surface area (Å²) in [6.07, 6.45) is 8.91. The lowest BCUT2D eigenvalue weighted by molar-refractivity contribution is -0.229. The predicted octanol–water partition coefficient (Wildman–Crippen LogP) is 2.54. The summed E-state index contributed by atoms with van der Waals surface area (Å²) in [5, 5.41) is 3.58. The van der Waals surface area contributed by atoms with Gasteiger partial charge < -0.3 is 19.5 Å². The molecule has 4 fully saturated rings. The van der Waals surface area contributed by atoms with Crippen molar-refractivity contribution in [1.82, 2.24) is 10.2 Å². The number of rotatable bonds is 3. The van der Waals surface area contributed by atoms with Crippen molar-refractivity contribution in [2.45, 2.75) is 70.4 Å². The number of ether oxygens (including phenoxy) is 3. The molecule has 29 heavy (non-hydrogen) atoms. The Hall–Kier alpha value is -1.11. The molecule has 2 aliphatic carbocycles. The van der Waals surface area contributed by atoms with E-state index in [1.807, 2.05) is 14.0 Å². The Morgan fingerprint density at radius 3 is 2.97 bits per heavy atom. The van der Waals surface area contributed by atoms with Crippen molar-refractivity contribution in [3.05, 3.63) is 11.8 Å². The normalized spacial score (nSPS) is 46.4. The zero-order valence-electron chi connectivity index (χ0n) is 18.0. The molecule has 0 bridgehead atoms. The summed E-state index contributed by atoms with van der Waals surface area (Å²) >= 11 is 0. The molecule has 0 aromatic rings. The standard InChI is InChI=1S/C23H36N2O4/c1-4-28-23(26)20-13(2)24-18-7-8-19-17(21(18)20)12-25-10-9-14-11-15(27-3)5-6-16(14)22(25)29-19/h7,13-17,19-22,24H,4-6,8-12H2,1-3H3. The Bertz CT molecular complexity index is 667. The lowest BCUT2D eigenvalue weighted by atomic mass is 9.69. The fourth-order valence-corrected chi connectivity index (χ4v) is 7.00. The molecule has 9 unspecified atom stereocenters. The first-order chi connectivity index (χ1) is 14.1. The van der Waals surface area contributed by atoms with E-state index in [-0.39, 0.29) is 36.2 Å². The molecule has 1 N–H and O–H groups in total. The monoisotopic (exact) mass is 404 g/mol. The van der Waals surface area contributed by atoms with Crippen LogP contribution in [0.3, 0.4) is 0 Å². The van der Waals surface area contributed by atoms with Gasteiger partial charge in [-0.1, -0.05) is 6.08 Å². The molecule has 1 saturated carbocycles. The maximum Gasteiger partial charge on any atom is 0.311 e. The first-order valence-corrected chi connectivity index (χ1v) is 11.7. The van der Waals surface area contributed by atoms with Gasteiger partial charge in [0, 0.05) is 49.7 Å². The highest BCUT2D eigenvalue weighted by molar-refractivity contribution is 5.75. The van der Waals surface area contributed by atoms with Gasteiger partial charge in [-0.3, -0.25) is 9.69 Å². The fourth-order valence-electron chi connectivity index (χ4n) is 7.00. The van der Waals surface area contributed by atoms with E-state index >= 15 is 0 Å². The molecule has 6 heteroatoms. The number of hydrogen-bond donors (Lipinski definition) is 1. The van der Waals surface area contributed by atoms with Crippen LogP contribution in [0.15, 0.2) is 11.8 Å². The van der Waals surface area contributed by atoms with Gasteiger partial charge in [0.2, 0.25) is 0 Å². The summed E-state index contributed by atoms with van der Waals surface area (Å²) in [5.41, 5.74) is 1.24. The Morgan fingerprint density at radius 2 is 2.17 bits per heavy atom. The van der Waals surface area contributed by atoms with Gasteiger partial charge in [0.05, 0.1) is 24.7 Å². The van der Waals surface area contributed by atoms with E-state index in [1.165, 1.54) is 25.0 Å². The SMILES string of the molecule is CCOC(=O)C1C(C)NC2=CCC3OC4C5CCC(OC)CC5CCN4CC3C21. The number of carbonyl (C=O) groups excluding carboxylic acids is 1. The van der Waals surface area contributed by atoms with Crippen LogP contribution in [0.5, 0.6) is 0 Å². The zero-order valence-corrected chi connectivity index (χ0v) is 18.0. The summed E-state index contributed by atoms with van der Waals surface area (Å²) < 4.78 is 17.9. The highest BCUT2D eigenvalue weighted by atomic mass is 16.5. The molecule has 0 amide bonds. The van der Waals surface area contributed by atoms with Crippen LogP contribution in [0.25, 0.3) is 0 Å². The van der Waals surface area contributed by atoms with E-state index in [2.05, 4.69) is 23.2 Å². The van der Waals surface area contributed by atoms with Gasteiger partial charge in [-0.25, -0.2) is 0 Å². The third-order valence-corrected chi connectivity index (χ3v) is 8.35. The number of hydrogen-bond acceptors (Lipinski definition) is 6. The second-order valence-corrected chi connectivity index (χ2v) is 9.74. The first-order valence-electron chi connectivity index (χ1n) is 11.7. The molecule has 3 aliphatic heterocycles. The molecule has 3 saturated heterocycles. The predicted molar refractivity (Wildman–Crippen MR) is 109 cm³/mol. The van der Waals surface area contributed by atoms with Crippen molar-refractivity contribution in [3.63, 3.8) is 0 Å². The van der Waals surface area contributed by atoms with Gasteiger partial charge in [0.1, 0.15) is 6.23 Å². The van der Waals surface area contributed by atoms with Crippen LogP contribution in [-0.2, 0) is 19.0 Å². The number of piperidine rings is 1. The van der Waals surface area contributed by atoms with Crippen LogP contribution in [0, 0.1) is 29.6 Å². The van der Waals surface area contributed by atoms with Crippen LogP contribution in [0.1, 0.15) is 46.0 Å². The Labute approximate surface area is 174 Å². The Morgan fingerprint density at radius 1 is 1.31 bits per heavy atom. The number of nitrogens with zero attached hydrogens (tertiary/aromatic N) is 1. The number of allylic oxidation sites excluding steroid dienone is 1. The van der Waals surface area contributed by atoms with E-state index in [0.717, 1.165) is 31.8 Å². The molecule has 3 heterocycles. The highest BCUT2D eigenvalue weighted by Gasteiger charge is 2.55. The summed E-state index contributed by atoms with van der Waals surface area (Å²) in [6, 6.07) is 0.122. The second-order valence-electron chi connectivity index (χ2n) is 9.74. The molecular weight excluding hydrogens is 368 g/mol. The molecule has 0 radical (unpaired) electrons. The number of nitrogens with one attached hydrogen (secondary N) is 1. The largest absolute Gasteiger partial charge is 0.466 e. The molecule has 162 valence electrons. The smallest absolute Gasteiger partial charge is 0.311 e. The van der Waals surface area contributed by atoms with E-state index in [1.54, 1.807) is 0 Å². The van der Waals surface area contributed by atoms with Crippen molar-refractivity contribution >= 4 is 5.97 Å². The van der Waals surface area contributed by atoms with E-state index in [9.17, 15) is 4.79 Å². The molecule has 6 nitrogen and oxygen atoms in total. The molecule has 5 aliphatic rings.